The topological polar surface area (TPSA) is 111 Å². The third-order valence-electron chi connectivity index (χ3n) is 2.90. The van der Waals surface area contributed by atoms with E-state index >= 15 is 0 Å². The molecule has 21 heavy (non-hydrogen) atoms. The van der Waals surface area contributed by atoms with Crippen molar-refractivity contribution < 1.29 is 14.5 Å². The Morgan fingerprint density at radius 3 is 3.00 bits per heavy atom. The zero-order chi connectivity index (χ0) is 15.0. The van der Waals surface area contributed by atoms with Gasteiger partial charge in [-0.3, -0.25) is 19.6 Å². The van der Waals surface area contributed by atoms with Crippen LogP contribution in [0.3, 0.4) is 0 Å². The Balaban J connectivity index is 2.02. The number of hydrogen-bond donors (Lipinski definition) is 2. The Morgan fingerprint density at radius 2 is 2.33 bits per heavy atom. The lowest BCUT2D eigenvalue weighted by Crippen LogP contribution is -2.25. The van der Waals surface area contributed by atoms with Gasteiger partial charge in [-0.1, -0.05) is 0 Å². The second-order valence-corrected chi connectivity index (χ2v) is 4.46. The highest BCUT2D eigenvalue weighted by atomic mass is 16.6. The van der Waals surface area contributed by atoms with Crippen LogP contribution in [0.25, 0.3) is 0 Å². The summed E-state index contributed by atoms with van der Waals surface area (Å²) in [4.78, 5) is 22.0. The van der Waals surface area contributed by atoms with Crippen molar-refractivity contribution in [2.24, 2.45) is 7.05 Å². The normalized spacial score (nSPS) is 13.1. The van der Waals surface area contributed by atoms with Gasteiger partial charge in [-0.25, -0.2) is 0 Å². The lowest BCUT2D eigenvalue weighted by Gasteiger charge is -2.18. The summed E-state index contributed by atoms with van der Waals surface area (Å²) in [5.74, 6) is 0.427. The van der Waals surface area contributed by atoms with Gasteiger partial charge in [0.1, 0.15) is 5.69 Å². The molecule has 2 N–H and O–H groups in total. The summed E-state index contributed by atoms with van der Waals surface area (Å²) in [5, 5.41) is 20.7. The Labute approximate surface area is 118 Å². The molecule has 0 fully saturated rings. The van der Waals surface area contributed by atoms with E-state index in [9.17, 15) is 14.9 Å². The van der Waals surface area contributed by atoms with Crippen LogP contribution in [0.4, 0.5) is 22.9 Å². The SMILES string of the molecule is Cn1ccc(Nc2cc3c(cc2[N+](=O)[O-])OCC(=O)N3)n1. The molecule has 0 aliphatic carbocycles. The zero-order valence-electron chi connectivity index (χ0n) is 11.0. The van der Waals surface area contributed by atoms with Gasteiger partial charge in [0.05, 0.1) is 16.7 Å². The molecule has 3 rings (SSSR count). The second kappa shape index (κ2) is 4.78. The summed E-state index contributed by atoms with van der Waals surface area (Å²) in [7, 11) is 1.74. The van der Waals surface area contributed by atoms with Gasteiger partial charge in [-0.15, -0.1) is 0 Å². The predicted molar refractivity (Wildman–Crippen MR) is 73.7 cm³/mol. The minimum Gasteiger partial charge on any atom is -0.481 e. The van der Waals surface area contributed by atoms with Gasteiger partial charge in [0.2, 0.25) is 0 Å². The number of amides is 1. The van der Waals surface area contributed by atoms with Crippen molar-refractivity contribution in [1.29, 1.82) is 0 Å². The van der Waals surface area contributed by atoms with Crippen LogP contribution in [0.5, 0.6) is 5.75 Å². The molecule has 0 atom stereocenters. The molecule has 0 bridgehead atoms. The van der Waals surface area contributed by atoms with E-state index in [-0.39, 0.29) is 29.6 Å². The van der Waals surface area contributed by atoms with Crippen LogP contribution < -0.4 is 15.4 Å². The van der Waals surface area contributed by atoms with Crippen LogP contribution >= 0.6 is 0 Å². The van der Waals surface area contributed by atoms with Crippen molar-refractivity contribution in [1.82, 2.24) is 9.78 Å². The van der Waals surface area contributed by atoms with Gasteiger partial charge in [0, 0.05) is 19.3 Å². The van der Waals surface area contributed by atoms with Crippen molar-refractivity contribution in [2.75, 3.05) is 17.2 Å². The number of carbonyl (C=O) groups excluding carboxylic acids is 1. The molecule has 2 aromatic rings. The van der Waals surface area contributed by atoms with Gasteiger partial charge >= 0.3 is 0 Å². The molecule has 2 heterocycles. The van der Waals surface area contributed by atoms with Crippen LogP contribution in [0.15, 0.2) is 24.4 Å². The van der Waals surface area contributed by atoms with E-state index in [1.807, 2.05) is 0 Å². The number of hydrogen-bond acceptors (Lipinski definition) is 6. The molecule has 0 radical (unpaired) electrons. The highest BCUT2D eigenvalue weighted by Gasteiger charge is 2.24. The van der Waals surface area contributed by atoms with Gasteiger partial charge in [-0.05, 0) is 6.07 Å². The first-order valence-corrected chi connectivity index (χ1v) is 6.04. The number of nitrogens with one attached hydrogen (secondary N) is 2. The van der Waals surface area contributed by atoms with Crippen molar-refractivity contribution in [3.63, 3.8) is 0 Å². The quantitative estimate of drug-likeness (QED) is 0.652. The van der Waals surface area contributed by atoms with Crippen molar-refractivity contribution in [3.8, 4) is 5.75 Å². The van der Waals surface area contributed by atoms with E-state index in [1.54, 1.807) is 24.0 Å². The molecule has 9 nitrogen and oxygen atoms in total. The zero-order valence-corrected chi connectivity index (χ0v) is 11.0. The summed E-state index contributed by atoms with van der Waals surface area (Å²) in [6.45, 7) is -0.156. The minimum absolute atomic E-state index is 0.156. The molecule has 108 valence electrons. The first kappa shape index (κ1) is 12.9. The average Bonchev–Trinajstić information content (AvgIpc) is 2.83. The number of nitrogens with zero attached hydrogens (tertiary/aromatic N) is 3. The maximum Gasteiger partial charge on any atom is 0.296 e. The number of fused-ring (bicyclic) bond motifs is 1. The number of aromatic nitrogens is 2. The number of benzene rings is 1. The molecule has 0 spiro atoms. The number of nitro groups is 1. The molecule has 0 unspecified atom stereocenters. The molecule has 9 heteroatoms. The summed E-state index contributed by atoms with van der Waals surface area (Å²) in [5.41, 5.74) is 0.453. The van der Waals surface area contributed by atoms with Crippen LogP contribution in [0.2, 0.25) is 0 Å². The van der Waals surface area contributed by atoms with E-state index in [0.29, 0.717) is 11.5 Å². The van der Waals surface area contributed by atoms with E-state index < -0.39 is 4.92 Å². The smallest absolute Gasteiger partial charge is 0.296 e. The largest absolute Gasteiger partial charge is 0.481 e. The van der Waals surface area contributed by atoms with Crippen LogP contribution in [0, 0.1) is 10.1 Å². The molecule has 1 aliphatic heterocycles. The molecular formula is C12H11N5O4. The van der Waals surface area contributed by atoms with Gasteiger partial charge in [0.15, 0.2) is 18.2 Å². The third kappa shape index (κ3) is 2.48. The Hall–Kier alpha value is -3.10. The molecule has 1 aliphatic rings. The molecule has 1 aromatic carbocycles. The molecule has 1 aromatic heterocycles. The number of rotatable bonds is 3. The van der Waals surface area contributed by atoms with E-state index in [2.05, 4.69) is 15.7 Å². The van der Waals surface area contributed by atoms with E-state index in [0.717, 1.165) is 0 Å². The standard InChI is InChI=1S/C12H11N5O4/c1-16-3-2-11(15-16)13-7-4-8-10(5-9(7)17(19)20)21-6-12(18)14-8/h2-5H,6H2,1H3,(H,13,15)(H,14,18). The molecule has 1 amide bonds. The third-order valence-corrected chi connectivity index (χ3v) is 2.90. The van der Waals surface area contributed by atoms with E-state index in [1.165, 1.54) is 12.1 Å². The fourth-order valence-corrected chi connectivity index (χ4v) is 1.99. The Bertz CT molecular complexity index is 739. The molecule has 0 saturated heterocycles. The van der Waals surface area contributed by atoms with Gasteiger partial charge in [0.25, 0.3) is 11.6 Å². The summed E-state index contributed by atoms with van der Waals surface area (Å²) < 4.78 is 6.74. The maximum absolute atomic E-state index is 11.3. The summed E-state index contributed by atoms with van der Waals surface area (Å²) in [6, 6.07) is 4.41. The number of anilines is 3. The molecule has 0 saturated carbocycles. The number of ether oxygens (including phenoxy) is 1. The van der Waals surface area contributed by atoms with E-state index in [4.69, 9.17) is 4.74 Å². The lowest BCUT2D eigenvalue weighted by molar-refractivity contribution is -0.384. The first-order valence-electron chi connectivity index (χ1n) is 6.04. The van der Waals surface area contributed by atoms with Crippen molar-refractivity contribution >= 4 is 28.8 Å². The lowest BCUT2D eigenvalue weighted by atomic mass is 10.2. The van der Waals surface area contributed by atoms with Crippen molar-refractivity contribution in [2.45, 2.75) is 0 Å². The highest BCUT2D eigenvalue weighted by Crippen LogP contribution is 2.38. The maximum atomic E-state index is 11.3. The van der Waals surface area contributed by atoms with Crippen LogP contribution in [-0.2, 0) is 11.8 Å². The van der Waals surface area contributed by atoms with Crippen molar-refractivity contribution in [3.05, 3.63) is 34.5 Å². The second-order valence-electron chi connectivity index (χ2n) is 4.46. The summed E-state index contributed by atoms with van der Waals surface area (Å²) in [6.07, 6.45) is 1.71. The first-order chi connectivity index (χ1) is 10.0. The number of aryl methyl sites for hydroxylation is 1. The van der Waals surface area contributed by atoms with Crippen LogP contribution in [0.1, 0.15) is 0 Å². The molecular weight excluding hydrogens is 278 g/mol. The predicted octanol–water partition coefficient (Wildman–Crippen LogP) is 1.40. The fourth-order valence-electron chi connectivity index (χ4n) is 1.99. The van der Waals surface area contributed by atoms with Crippen LogP contribution in [-0.4, -0.2) is 27.2 Å². The minimum atomic E-state index is -0.522. The van der Waals surface area contributed by atoms with Gasteiger partial charge < -0.3 is 15.4 Å². The highest BCUT2D eigenvalue weighted by molar-refractivity contribution is 5.97. The fraction of sp³-hybridized carbons (Fsp3) is 0.167. The number of nitro benzene ring substituents is 1. The number of carbonyl (C=O) groups is 1. The Morgan fingerprint density at radius 1 is 1.52 bits per heavy atom. The average molecular weight is 289 g/mol. The van der Waals surface area contributed by atoms with Gasteiger partial charge in [-0.2, -0.15) is 5.10 Å². The monoisotopic (exact) mass is 289 g/mol. The Kier molecular flexibility index (Phi) is 2.94. The summed E-state index contributed by atoms with van der Waals surface area (Å²) >= 11 is 0.